The molecule has 3 aliphatic rings. The quantitative estimate of drug-likeness (QED) is 0.536. The van der Waals surface area contributed by atoms with E-state index in [0.29, 0.717) is 6.54 Å². The number of nitrogens with zero attached hydrogens (tertiary/aromatic N) is 4. The van der Waals surface area contributed by atoms with Gasteiger partial charge < -0.3 is 14.8 Å². The third kappa shape index (κ3) is 3.49. The molecule has 0 saturated carbocycles. The summed E-state index contributed by atoms with van der Waals surface area (Å²) in [6.45, 7) is 0.647. The van der Waals surface area contributed by atoms with E-state index in [9.17, 15) is 14.3 Å². The fraction of sp³-hybridized carbons (Fsp3) is 0.476. The Labute approximate surface area is 186 Å². The highest BCUT2D eigenvalue weighted by Gasteiger charge is 2.30. The maximum Gasteiger partial charge on any atom is 0.355 e. The van der Waals surface area contributed by atoms with Crippen molar-refractivity contribution in [2.24, 2.45) is 4.36 Å². The van der Waals surface area contributed by atoms with E-state index in [1.54, 1.807) is 13.3 Å². The lowest BCUT2D eigenvalue weighted by Gasteiger charge is -2.23. The van der Waals surface area contributed by atoms with Crippen molar-refractivity contribution >= 4 is 21.6 Å². The fourth-order valence-electron chi connectivity index (χ4n) is 4.79. The number of carbonyl (C=O) groups excluding carboxylic acids is 1. The lowest BCUT2D eigenvalue weighted by Crippen LogP contribution is -2.32. The second kappa shape index (κ2) is 8.11. The van der Waals surface area contributed by atoms with Crippen LogP contribution in [0, 0.1) is 11.5 Å². The molecule has 0 bridgehead atoms. The van der Waals surface area contributed by atoms with Crippen LogP contribution in [-0.4, -0.2) is 39.8 Å². The van der Waals surface area contributed by atoms with Crippen LogP contribution in [0.2, 0.25) is 0 Å². The van der Waals surface area contributed by atoms with Crippen molar-refractivity contribution in [1.82, 2.24) is 14.5 Å². The molecule has 0 spiro atoms. The first kappa shape index (κ1) is 20.8. The van der Waals surface area contributed by atoms with Gasteiger partial charge in [0.1, 0.15) is 12.7 Å². The average Bonchev–Trinajstić information content (AvgIpc) is 3.52. The van der Waals surface area contributed by atoms with Gasteiger partial charge in [-0.05, 0) is 60.8 Å². The maximum atomic E-state index is 13.6. The molecular weight excluding hydrogens is 432 g/mol. The molecular formula is C21H24N6O4S. The van der Waals surface area contributed by atoms with Gasteiger partial charge in [0.05, 0.1) is 12.7 Å². The van der Waals surface area contributed by atoms with Gasteiger partial charge in [-0.2, -0.15) is 10.4 Å². The SMILES string of the molecule is CO[C@H]1COc2c(S(=O)(=NC(=O)Nc3c4c(cc5c3CCC5)CCC4)NC#N)cnn2C1. The first-order chi connectivity index (χ1) is 15.5. The topological polar surface area (TPSA) is 131 Å². The van der Waals surface area contributed by atoms with Crippen molar-refractivity contribution in [3.8, 4) is 12.1 Å². The van der Waals surface area contributed by atoms with E-state index in [2.05, 4.69) is 25.6 Å². The second-order valence-corrected chi connectivity index (χ2v) is 10.0. The lowest BCUT2D eigenvalue weighted by atomic mass is 9.99. The summed E-state index contributed by atoms with van der Waals surface area (Å²) in [7, 11) is -2.06. The molecule has 1 aliphatic heterocycles. The summed E-state index contributed by atoms with van der Waals surface area (Å²) in [5.74, 6) is 0.212. The first-order valence-electron chi connectivity index (χ1n) is 10.6. The highest BCUT2D eigenvalue weighted by Crippen LogP contribution is 2.39. The molecule has 2 aliphatic carbocycles. The summed E-state index contributed by atoms with van der Waals surface area (Å²) in [5.41, 5.74) is 5.63. The molecule has 2 amide bonds. The number of nitrogens with one attached hydrogen (secondary N) is 2. The van der Waals surface area contributed by atoms with Gasteiger partial charge in [-0.25, -0.2) is 18.4 Å². The zero-order valence-electron chi connectivity index (χ0n) is 17.7. The standard InChI is InChI=1S/C21H24N6O4S/c1-30-15-10-27-20(31-11-15)18(9-23-27)32(29,24-12-22)26-21(28)25-19-16-6-2-4-13(16)8-14-5-3-7-17(14)19/h8-9,15H,2-7,10-11H2,1H3,(H2,24,25,26,28,29)/t15-,32?/m1/s1. The lowest BCUT2D eigenvalue weighted by molar-refractivity contribution is 0.0165. The van der Waals surface area contributed by atoms with Gasteiger partial charge in [0.2, 0.25) is 5.88 Å². The minimum absolute atomic E-state index is 0.0623. The Morgan fingerprint density at radius 1 is 1.31 bits per heavy atom. The molecule has 1 aromatic carbocycles. The summed E-state index contributed by atoms with van der Waals surface area (Å²) in [4.78, 5) is 13.0. The monoisotopic (exact) mass is 456 g/mol. The third-order valence-electron chi connectivity index (χ3n) is 6.27. The second-order valence-electron chi connectivity index (χ2n) is 8.16. The third-order valence-corrected chi connectivity index (χ3v) is 7.94. The summed E-state index contributed by atoms with van der Waals surface area (Å²) in [5, 5.41) is 16.3. The number of aryl methyl sites for hydroxylation is 2. The Bertz CT molecular complexity index is 1220. The molecule has 2 heterocycles. The Hall–Kier alpha value is -3.10. The van der Waals surface area contributed by atoms with Crippen LogP contribution in [0.3, 0.4) is 0 Å². The van der Waals surface area contributed by atoms with Crippen LogP contribution >= 0.6 is 0 Å². The van der Waals surface area contributed by atoms with E-state index in [0.717, 1.165) is 55.3 Å². The number of ether oxygens (including phenoxy) is 2. The van der Waals surface area contributed by atoms with Crippen LogP contribution in [0.1, 0.15) is 35.1 Å². The molecule has 2 aromatic rings. The molecule has 10 nitrogen and oxygen atoms in total. The van der Waals surface area contributed by atoms with Gasteiger partial charge in [0, 0.05) is 12.8 Å². The number of anilines is 1. The van der Waals surface area contributed by atoms with E-state index < -0.39 is 15.9 Å². The van der Waals surface area contributed by atoms with E-state index >= 15 is 0 Å². The van der Waals surface area contributed by atoms with Crippen LogP contribution < -0.4 is 14.8 Å². The van der Waals surface area contributed by atoms with Gasteiger partial charge in [-0.15, -0.1) is 4.36 Å². The molecule has 0 radical (unpaired) electrons. The van der Waals surface area contributed by atoms with E-state index in [1.165, 1.54) is 22.0 Å². The van der Waals surface area contributed by atoms with Crippen LogP contribution in [0.4, 0.5) is 10.5 Å². The zero-order valence-corrected chi connectivity index (χ0v) is 18.5. The number of hydrogen-bond donors (Lipinski definition) is 2. The molecule has 11 heteroatoms. The zero-order chi connectivity index (χ0) is 22.3. The van der Waals surface area contributed by atoms with Crippen LogP contribution in [0.25, 0.3) is 0 Å². The number of fused-ring (bicyclic) bond motifs is 3. The number of methoxy groups -OCH3 is 1. The van der Waals surface area contributed by atoms with Crippen molar-refractivity contribution in [2.45, 2.75) is 56.1 Å². The maximum absolute atomic E-state index is 13.6. The summed E-state index contributed by atoms with van der Waals surface area (Å²) < 4.78 is 32.2. The average molecular weight is 457 g/mol. The van der Waals surface area contributed by atoms with Crippen LogP contribution in [0.15, 0.2) is 21.5 Å². The molecule has 2 atom stereocenters. The van der Waals surface area contributed by atoms with Gasteiger partial charge >= 0.3 is 6.03 Å². The van der Waals surface area contributed by atoms with Crippen LogP contribution in [-0.2, 0) is 46.9 Å². The largest absolute Gasteiger partial charge is 0.474 e. The predicted octanol–water partition coefficient (Wildman–Crippen LogP) is 2.31. The summed E-state index contributed by atoms with van der Waals surface area (Å²) in [6.07, 6.45) is 8.67. The van der Waals surface area contributed by atoms with Gasteiger partial charge in [-0.3, -0.25) is 0 Å². The summed E-state index contributed by atoms with van der Waals surface area (Å²) >= 11 is 0. The van der Waals surface area contributed by atoms with Crippen molar-refractivity contribution < 1.29 is 18.5 Å². The number of urea groups is 1. The number of benzene rings is 1. The normalized spacial score (nSPS) is 20.2. The first-order valence-corrected chi connectivity index (χ1v) is 12.2. The van der Waals surface area contributed by atoms with E-state index in [1.807, 2.05) is 0 Å². The van der Waals surface area contributed by atoms with Crippen molar-refractivity contribution in [3.05, 3.63) is 34.5 Å². The molecule has 5 rings (SSSR count). The van der Waals surface area contributed by atoms with Crippen molar-refractivity contribution in [1.29, 1.82) is 5.26 Å². The van der Waals surface area contributed by atoms with E-state index in [-0.39, 0.29) is 23.5 Å². The Kier molecular flexibility index (Phi) is 5.27. The van der Waals surface area contributed by atoms with Gasteiger partial charge in [0.25, 0.3) is 0 Å². The Morgan fingerprint density at radius 3 is 2.69 bits per heavy atom. The molecule has 32 heavy (non-hydrogen) atoms. The Morgan fingerprint density at radius 2 is 2.03 bits per heavy atom. The minimum Gasteiger partial charge on any atom is -0.474 e. The Balaban J connectivity index is 1.50. The number of amides is 2. The van der Waals surface area contributed by atoms with Crippen molar-refractivity contribution in [3.63, 3.8) is 0 Å². The number of carbonyl (C=O) groups is 1. The minimum atomic E-state index is -3.63. The molecule has 0 fully saturated rings. The highest BCUT2D eigenvalue weighted by molar-refractivity contribution is 7.92. The van der Waals surface area contributed by atoms with E-state index in [4.69, 9.17) is 9.47 Å². The predicted molar refractivity (Wildman–Crippen MR) is 116 cm³/mol. The molecule has 1 unspecified atom stereocenters. The molecule has 0 saturated heterocycles. The summed E-state index contributed by atoms with van der Waals surface area (Å²) in [6, 6.07) is 1.50. The smallest absolute Gasteiger partial charge is 0.355 e. The van der Waals surface area contributed by atoms with Gasteiger partial charge in [0.15, 0.2) is 21.0 Å². The fourth-order valence-corrected chi connectivity index (χ4v) is 6.03. The number of rotatable bonds is 4. The molecule has 2 N–H and O–H groups in total. The highest BCUT2D eigenvalue weighted by atomic mass is 32.2. The molecule has 1 aromatic heterocycles. The molecule has 168 valence electrons. The van der Waals surface area contributed by atoms with Gasteiger partial charge in [-0.1, -0.05) is 6.07 Å². The van der Waals surface area contributed by atoms with Crippen LogP contribution in [0.5, 0.6) is 5.88 Å². The number of hydrogen-bond acceptors (Lipinski definition) is 6. The number of nitriles is 1. The van der Waals surface area contributed by atoms with Crippen molar-refractivity contribution in [2.75, 3.05) is 19.0 Å². The number of aromatic nitrogens is 2.